The summed E-state index contributed by atoms with van der Waals surface area (Å²) in [4.78, 5) is 19.1. The van der Waals surface area contributed by atoms with Crippen molar-refractivity contribution in [3.63, 3.8) is 0 Å². The van der Waals surface area contributed by atoms with Crippen molar-refractivity contribution < 1.29 is 4.79 Å². The highest BCUT2D eigenvalue weighted by atomic mass is 16.1. The quantitative estimate of drug-likeness (QED) is 0.714. The minimum atomic E-state index is 0.00852. The smallest absolute Gasteiger partial charge is 0.220 e. The number of nitrogens with zero attached hydrogens (tertiary/aromatic N) is 1. The fraction of sp³-hybridized carbons (Fsp3) is 0.692. The minimum Gasteiger partial charge on any atom is -0.347 e. The highest BCUT2D eigenvalue weighted by molar-refractivity contribution is 5.76. The standard InChI is InChI=1S/C13H22N4O/c1-2-11(13-15-7-8-16-13)17-12(18)4-3-10-5-6-14-9-10/h7-8,10-11,14H,2-6,9H2,1H3,(H,15,16)(H,17,18). The molecule has 0 saturated carbocycles. The van der Waals surface area contributed by atoms with Crippen LogP contribution in [-0.4, -0.2) is 29.0 Å². The van der Waals surface area contributed by atoms with Crippen molar-refractivity contribution in [1.29, 1.82) is 0 Å². The first-order valence-corrected chi connectivity index (χ1v) is 6.79. The summed E-state index contributed by atoms with van der Waals surface area (Å²) in [6, 6.07) is 0.00852. The SMILES string of the molecule is CCC(NC(=O)CCC1CCNC1)c1ncc[nH]1. The lowest BCUT2D eigenvalue weighted by molar-refractivity contribution is -0.122. The fourth-order valence-corrected chi connectivity index (χ4v) is 2.39. The van der Waals surface area contributed by atoms with E-state index >= 15 is 0 Å². The summed E-state index contributed by atoms with van der Waals surface area (Å²) in [5.41, 5.74) is 0. The van der Waals surface area contributed by atoms with Crippen LogP contribution in [0, 0.1) is 5.92 Å². The molecule has 100 valence electrons. The van der Waals surface area contributed by atoms with Crippen molar-refractivity contribution in [1.82, 2.24) is 20.6 Å². The van der Waals surface area contributed by atoms with E-state index in [0.29, 0.717) is 12.3 Å². The van der Waals surface area contributed by atoms with Crippen LogP contribution in [0.25, 0.3) is 0 Å². The number of hydrogen-bond donors (Lipinski definition) is 3. The van der Waals surface area contributed by atoms with Gasteiger partial charge in [-0.15, -0.1) is 0 Å². The van der Waals surface area contributed by atoms with Crippen molar-refractivity contribution >= 4 is 5.91 Å². The maximum atomic E-state index is 11.9. The van der Waals surface area contributed by atoms with Gasteiger partial charge in [0.05, 0.1) is 6.04 Å². The van der Waals surface area contributed by atoms with Gasteiger partial charge in [-0.3, -0.25) is 4.79 Å². The summed E-state index contributed by atoms with van der Waals surface area (Å²) in [7, 11) is 0. The molecule has 2 heterocycles. The molecular weight excluding hydrogens is 228 g/mol. The third kappa shape index (κ3) is 3.57. The van der Waals surface area contributed by atoms with Gasteiger partial charge in [0.1, 0.15) is 5.82 Å². The third-order valence-electron chi connectivity index (χ3n) is 3.53. The second kappa shape index (κ2) is 6.54. The molecule has 0 spiro atoms. The van der Waals surface area contributed by atoms with Gasteiger partial charge in [0.25, 0.3) is 0 Å². The minimum absolute atomic E-state index is 0.00852. The zero-order valence-electron chi connectivity index (χ0n) is 10.9. The number of imidazole rings is 1. The molecule has 0 bridgehead atoms. The van der Waals surface area contributed by atoms with E-state index in [9.17, 15) is 4.79 Å². The topological polar surface area (TPSA) is 69.8 Å². The molecule has 1 saturated heterocycles. The van der Waals surface area contributed by atoms with Crippen molar-refractivity contribution in [3.8, 4) is 0 Å². The summed E-state index contributed by atoms with van der Waals surface area (Å²) < 4.78 is 0. The Morgan fingerprint density at radius 2 is 2.56 bits per heavy atom. The largest absolute Gasteiger partial charge is 0.347 e. The molecule has 1 amide bonds. The fourth-order valence-electron chi connectivity index (χ4n) is 2.39. The Morgan fingerprint density at radius 3 is 3.17 bits per heavy atom. The van der Waals surface area contributed by atoms with E-state index in [1.165, 1.54) is 6.42 Å². The van der Waals surface area contributed by atoms with Crippen LogP contribution >= 0.6 is 0 Å². The number of H-pyrrole nitrogens is 1. The number of carbonyl (C=O) groups excluding carboxylic acids is 1. The number of aromatic amines is 1. The van der Waals surface area contributed by atoms with E-state index in [1.54, 1.807) is 12.4 Å². The third-order valence-corrected chi connectivity index (χ3v) is 3.53. The lowest BCUT2D eigenvalue weighted by Gasteiger charge is -2.15. The van der Waals surface area contributed by atoms with Crippen LogP contribution in [-0.2, 0) is 4.79 Å². The Bertz CT molecular complexity index is 357. The van der Waals surface area contributed by atoms with Gasteiger partial charge in [-0.05, 0) is 38.3 Å². The van der Waals surface area contributed by atoms with E-state index in [2.05, 4.69) is 20.6 Å². The van der Waals surface area contributed by atoms with Gasteiger partial charge in [-0.25, -0.2) is 4.98 Å². The van der Waals surface area contributed by atoms with Gasteiger partial charge >= 0.3 is 0 Å². The molecule has 2 rings (SSSR count). The zero-order chi connectivity index (χ0) is 12.8. The molecule has 0 aliphatic carbocycles. The lowest BCUT2D eigenvalue weighted by Crippen LogP contribution is -2.29. The number of nitrogens with one attached hydrogen (secondary N) is 3. The molecule has 1 aliphatic rings. The molecular formula is C13H22N4O. The maximum absolute atomic E-state index is 11.9. The first-order chi connectivity index (χ1) is 8.79. The van der Waals surface area contributed by atoms with E-state index in [0.717, 1.165) is 31.8 Å². The average Bonchev–Trinajstić information content (AvgIpc) is 3.05. The molecule has 3 N–H and O–H groups in total. The number of carbonyl (C=O) groups is 1. The van der Waals surface area contributed by atoms with Crippen LogP contribution in [0.3, 0.4) is 0 Å². The maximum Gasteiger partial charge on any atom is 0.220 e. The van der Waals surface area contributed by atoms with Crippen LogP contribution in [0.4, 0.5) is 0 Å². The Kier molecular flexibility index (Phi) is 4.75. The Hall–Kier alpha value is -1.36. The molecule has 1 fully saturated rings. The second-order valence-corrected chi connectivity index (χ2v) is 4.90. The molecule has 2 unspecified atom stereocenters. The highest BCUT2D eigenvalue weighted by Gasteiger charge is 2.18. The Morgan fingerprint density at radius 1 is 1.67 bits per heavy atom. The van der Waals surface area contributed by atoms with Crippen LogP contribution in [0.5, 0.6) is 0 Å². The summed E-state index contributed by atoms with van der Waals surface area (Å²) in [6.45, 7) is 4.20. The van der Waals surface area contributed by atoms with Gasteiger partial charge < -0.3 is 15.6 Å². The highest BCUT2D eigenvalue weighted by Crippen LogP contribution is 2.16. The number of aromatic nitrogens is 2. The van der Waals surface area contributed by atoms with Crippen molar-refractivity contribution in [3.05, 3.63) is 18.2 Å². The molecule has 5 nitrogen and oxygen atoms in total. The van der Waals surface area contributed by atoms with Crippen molar-refractivity contribution in [2.75, 3.05) is 13.1 Å². The predicted molar refractivity (Wildman–Crippen MR) is 70.0 cm³/mol. The lowest BCUT2D eigenvalue weighted by atomic mass is 10.0. The molecule has 2 atom stereocenters. The summed E-state index contributed by atoms with van der Waals surface area (Å²) >= 11 is 0. The Labute approximate surface area is 108 Å². The van der Waals surface area contributed by atoms with Gasteiger partial charge in [0, 0.05) is 18.8 Å². The molecule has 1 aliphatic heterocycles. The van der Waals surface area contributed by atoms with Crippen LogP contribution in [0.1, 0.15) is 44.5 Å². The summed E-state index contributed by atoms with van der Waals surface area (Å²) in [5, 5.41) is 6.36. The molecule has 0 radical (unpaired) electrons. The van der Waals surface area contributed by atoms with E-state index < -0.39 is 0 Å². The van der Waals surface area contributed by atoms with Crippen molar-refractivity contribution in [2.24, 2.45) is 5.92 Å². The monoisotopic (exact) mass is 250 g/mol. The average molecular weight is 250 g/mol. The normalized spacial score (nSPS) is 20.8. The molecule has 18 heavy (non-hydrogen) atoms. The first kappa shape index (κ1) is 13.1. The van der Waals surface area contributed by atoms with Gasteiger partial charge in [-0.2, -0.15) is 0 Å². The van der Waals surface area contributed by atoms with Gasteiger partial charge in [-0.1, -0.05) is 6.92 Å². The van der Waals surface area contributed by atoms with Crippen LogP contribution in [0.15, 0.2) is 12.4 Å². The van der Waals surface area contributed by atoms with E-state index in [-0.39, 0.29) is 11.9 Å². The van der Waals surface area contributed by atoms with E-state index in [1.807, 2.05) is 6.92 Å². The van der Waals surface area contributed by atoms with Gasteiger partial charge in [0.2, 0.25) is 5.91 Å². The first-order valence-electron chi connectivity index (χ1n) is 6.79. The molecule has 0 aromatic carbocycles. The van der Waals surface area contributed by atoms with Crippen LogP contribution < -0.4 is 10.6 Å². The molecule has 1 aromatic rings. The predicted octanol–water partition coefficient (Wildman–Crippen LogP) is 1.37. The van der Waals surface area contributed by atoms with Gasteiger partial charge in [0.15, 0.2) is 0 Å². The zero-order valence-corrected chi connectivity index (χ0v) is 10.9. The van der Waals surface area contributed by atoms with Crippen molar-refractivity contribution in [2.45, 2.75) is 38.6 Å². The number of amides is 1. The summed E-state index contributed by atoms with van der Waals surface area (Å²) in [5.74, 6) is 1.64. The Balaban J connectivity index is 1.75. The van der Waals surface area contributed by atoms with E-state index in [4.69, 9.17) is 0 Å². The molecule has 1 aromatic heterocycles. The second-order valence-electron chi connectivity index (χ2n) is 4.90. The molecule has 5 heteroatoms. The van der Waals surface area contributed by atoms with Crippen LogP contribution in [0.2, 0.25) is 0 Å². The summed E-state index contributed by atoms with van der Waals surface area (Å²) in [6.07, 6.45) is 7.15. The number of rotatable bonds is 6. The number of hydrogen-bond acceptors (Lipinski definition) is 3.